The zero-order chi connectivity index (χ0) is 12.4. The monoisotopic (exact) mass is 316 g/mol. The van der Waals surface area contributed by atoms with E-state index in [1.165, 1.54) is 0 Å². The average Bonchev–Trinajstić information content (AvgIpc) is 2.75. The van der Waals surface area contributed by atoms with Gasteiger partial charge in [0.15, 0.2) is 0 Å². The van der Waals surface area contributed by atoms with Gasteiger partial charge in [0.2, 0.25) is 5.91 Å². The molecule has 1 fully saturated rings. The molecule has 0 spiro atoms. The van der Waals surface area contributed by atoms with Crippen molar-refractivity contribution < 1.29 is 4.79 Å². The summed E-state index contributed by atoms with van der Waals surface area (Å²) in [6, 6.07) is 4.33. The standard InChI is InChI=1S/C12H17BrN2OS/c1-8-7-14-5-6-15(8)12(16)9(2)10-3-4-11(13)17-10/h3-4,8-9,14H,5-7H2,1-2H3. The van der Waals surface area contributed by atoms with E-state index in [0.717, 1.165) is 28.3 Å². The minimum Gasteiger partial charge on any atom is -0.337 e. The molecule has 1 N–H and O–H groups in total. The highest BCUT2D eigenvalue weighted by molar-refractivity contribution is 9.11. The van der Waals surface area contributed by atoms with Crippen molar-refractivity contribution in [3.05, 3.63) is 20.8 Å². The molecule has 17 heavy (non-hydrogen) atoms. The Morgan fingerprint density at radius 1 is 1.65 bits per heavy atom. The summed E-state index contributed by atoms with van der Waals surface area (Å²) >= 11 is 5.08. The second-order valence-corrected chi connectivity index (χ2v) is 6.94. The van der Waals surface area contributed by atoms with Gasteiger partial charge in [-0.15, -0.1) is 11.3 Å². The maximum absolute atomic E-state index is 12.4. The van der Waals surface area contributed by atoms with Crippen LogP contribution < -0.4 is 5.32 Å². The van der Waals surface area contributed by atoms with Gasteiger partial charge in [0.25, 0.3) is 0 Å². The van der Waals surface area contributed by atoms with Crippen LogP contribution in [0, 0.1) is 0 Å². The van der Waals surface area contributed by atoms with Gasteiger partial charge < -0.3 is 10.2 Å². The molecule has 1 amide bonds. The molecule has 0 aromatic carbocycles. The Labute approximate surface area is 114 Å². The maximum Gasteiger partial charge on any atom is 0.230 e. The molecule has 2 rings (SSSR count). The van der Waals surface area contributed by atoms with E-state index in [9.17, 15) is 4.79 Å². The quantitative estimate of drug-likeness (QED) is 0.909. The normalized spacial score (nSPS) is 22.5. The van der Waals surface area contributed by atoms with Crippen molar-refractivity contribution in [3.8, 4) is 0 Å². The summed E-state index contributed by atoms with van der Waals surface area (Å²) in [6.45, 7) is 6.71. The van der Waals surface area contributed by atoms with Crippen LogP contribution in [0.2, 0.25) is 0 Å². The van der Waals surface area contributed by atoms with Crippen molar-refractivity contribution in [1.29, 1.82) is 0 Å². The molecular weight excluding hydrogens is 300 g/mol. The van der Waals surface area contributed by atoms with Crippen LogP contribution in [0.1, 0.15) is 24.6 Å². The summed E-state index contributed by atoms with van der Waals surface area (Å²) in [5.41, 5.74) is 0. The Bertz CT molecular complexity index is 407. The first-order valence-electron chi connectivity index (χ1n) is 5.86. The molecular formula is C12H17BrN2OS. The molecule has 2 heterocycles. The molecule has 5 heteroatoms. The summed E-state index contributed by atoms with van der Waals surface area (Å²) in [5, 5.41) is 3.30. The molecule has 1 saturated heterocycles. The molecule has 1 aliphatic rings. The number of thiophene rings is 1. The first kappa shape index (κ1) is 13.1. The number of nitrogens with one attached hydrogen (secondary N) is 1. The van der Waals surface area contributed by atoms with Crippen LogP contribution in [0.15, 0.2) is 15.9 Å². The van der Waals surface area contributed by atoms with Crippen LogP contribution in [0.3, 0.4) is 0 Å². The van der Waals surface area contributed by atoms with Crippen molar-refractivity contribution in [2.24, 2.45) is 0 Å². The van der Waals surface area contributed by atoms with Gasteiger partial charge in [-0.2, -0.15) is 0 Å². The molecule has 3 nitrogen and oxygen atoms in total. The van der Waals surface area contributed by atoms with Crippen molar-refractivity contribution >= 4 is 33.2 Å². The lowest BCUT2D eigenvalue weighted by atomic mass is 10.1. The summed E-state index contributed by atoms with van der Waals surface area (Å²) in [4.78, 5) is 15.5. The number of carbonyl (C=O) groups excluding carboxylic acids is 1. The number of nitrogens with zero attached hydrogens (tertiary/aromatic N) is 1. The Morgan fingerprint density at radius 3 is 3.00 bits per heavy atom. The second kappa shape index (κ2) is 5.50. The lowest BCUT2D eigenvalue weighted by Gasteiger charge is -2.35. The van der Waals surface area contributed by atoms with Gasteiger partial charge in [0.05, 0.1) is 9.70 Å². The van der Waals surface area contributed by atoms with Crippen molar-refractivity contribution in [3.63, 3.8) is 0 Å². The number of rotatable bonds is 2. The van der Waals surface area contributed by atoms with Crippen LogP contribution in [0.4, 0.5) is 0 Å². The molecule has 1 aliphatic heterocycles. The molecule has 0 bridgehead atoms. The van der Waals surface area contributed by atoms with Crippen LogP contribution in [0.25, 0.3) is 0 Å². The minimum absolute atomic E-state index is 0.0353. The van der Waals surface area contributed by atoms with E-state index in [4.69, 9.17) is 0 Å². The third-order valence-electron chi connectivity index (χ3n) is 3.18. The SMILES string of the molecule is CC(C(=O)N1CCNCC1C)c1ccc(Br)s1. The van der Waals surface area contributed by atoms with Gasteiger partial charge in [0.1, 0.15) is 0 Å². The fourth-order valence-corrected chi connectivity index (χ4v) is 3.57. The second-order valence-electron chi connectivity index (χ2n) is 4.45. The fourth-order valence-electron chi connectivity index (χ4n) is 2.10. The summed E-state index contributed by atoms with van der Waals surface area (Å²) in [6.07, 6.45) is 0. The van der Waals surface area contributed by atoms with Crippen molar-refractivity contribution in [2.45, 2.75) is 25.8 Å². The van der Waals surface area contributed by atoms with E-state index in [0.29, 0.717) is 6.04 Å². The highest BCUT2D eigenvalue weighted by Gasteiger charge is 2.28. The molecule has 0 radical (unpaired) electrons. The van der Waals surface area contributed by atoms with Crippen molar-refractivity contribution in [2.75, 3.05) is 19.6 Å². The van der Waals surface area contributed by atoms with Crippen molar-refractivity contribution in [1.82, 2.24) is 10.2 Å². The average molecular weight is 317 g/mol. The van der Waals surface area contributed by atoms with E-state index in [1.807, 2.05) is 24.0 Å². The molecule has 0 aliphatic carbocycles. The first-order chi connectivity index (χ1) is 8.09. The van der Waals surface area contributed by atoms with Gasteiger partial charge in [-0.1, -0.05) is 0 Å². The Kier molecular flexibility index (Phi) is 4.22. The van der Waals surface area contributed by atoms with E-state index in [2.05, 4.69) is 28.2 Å². The summed E-state index contributed by atoms with van der Waals surface area (Å²) in [7, 11) is 0. The molecule has 1 aromatic rings. The van der Waals surface area contributed by atoms with E-state index < -0.39 is 0 Å². The Hall–Kier alpha value is -0.390. The first-order valence-corrected chi connectivity index (χ1v) is 7.47. The zero-order valence-electron chi connectivity index (χ0n) is 10.1. The third kappa shape index (κ3) is 2.89. The molecule has 1 aromatic heterocycles. The number of piperazine rings is 1. The molecule has 0 saturated carbocycles. The molecule has 2 atom stereocenters. The van der Waals surface area contributed by atoms with Crippen LogP contribution >= 0.6 is 27.3 Å². The fraction of sp³-hybridized carbons (Fsp3) is 0.583. The number of carbonyl (C=O) groups is 1. The van der Waals surface area contributed by atoms with Crippen LogP contribution in [0.5, 0.6) is 0 Å². The van der Waals surface area contributed by atoms with Gasteiger partial charge >= 0.3 is 0 Å². The lowest BCUT2D eigenvalue weighted by Crippen LogP contribution is -2.53. The van der Waals surface area contributed by atoms with Gasteiger partial charge in [-0.05, 0) is 41.9 Å². The highest BCUT2D eigenvalue weighted by Crippen LogP contribution is 2.30. The topological polar surface area (TPSA) is 32.3 Å². The van der Waals surface area contributed by atoms with Gasteiger partial charge in [0, 0.05) is 30.6 Å². The number of amides is 1. The largest absolute Gasteiger partial charge is 0.337 e. The number of hydrogen-bond acceptors (Lipinski definition) is 3. The Morgan fingerprint density at radius 2 is 2.41 bits per heavy atom. The van der Waals surface area contributed by atoms with E-state index in [-0.39, 0.29) is 11.8 Å². The summed E-state index contributed by atoms with van der Waals surface area (Å²) in [5.74, 6) is 0.209. The number of halogens is 1. The predicted molar refractivity (Wildman–Crippen MR) is 74.5 cm³/mol. The smallest absolute Gasteiger partial charge is 0.230 e. The summed E-state index contributed by atoms with van der Waals surface area (Å²) < 4.78 is 1.08. The molecule has 94 valence electrons. The van der Waals surface area contributed by atoms with E-state index >= 15 is 0 Å². The van der Waals surface area contributed by atoms with Crippen LogP contribution in [-0.2, 0) is 4.79 Å². The zero-order valence-corrected chi connectivity index (χ0v) is 12.5. The highest BCUT2D eigenvalue weighted by atomic mass is 79.9. The van der Waals surface area contributed by atoms with Crippen LogP contribution in [-0.4, -0.2) is 36.5 Å². The third-order valence-corrected chi connectivity index (χ3v) is 4.98. The maximum atomic E-state index is 12.4. The Balaban J connectivity index is 2.08. The lowest BCUT2D eigenvalue weighted by molar-refractivity contribution is -0.135. The minimum atomic E-state index is -0.0353. The predicted octanol–water partition coefficient (Wildman–Crippen LogP) is 2.43. The molecule has 2 unspecified atom stereocenters. The van der Waals surface area contributed by atoms with Gasteiger partial charge in [-0.3, -0.25) is 4.79 Å². The van der Waals surface area contributed by atoms with E-state index in [1.54, 1.807) is 11.3 Å². The number of hydrogen-bond donors (Lipinski definition) is 1. The van der Waals surface area contributed by atoms with Gasteiger partial charge in [-0.25, -0.2) is 0 Å².